The number of amides is 2. The van der Waals surface area contributed by atoms with E-state index in [0.717, 1.165) is 44.2 Å². The molecule has 2 N–H and O–H groups in total. The maximum Gasteiger partial charge on any atom is 0.254 e. The average Bonchev–Trinajstić information content (AvgIpc) is 3.61. The van der Waals surface area contributed by atoms with Crippen LogP contribution in [0.5, 0.6) is 11.5 Å². The summed E-state index contributed by atoms with van der Waals surface area (Å²) >= 11 is 0. The Bertz CT molecular complexity index is 1870. The Morgan fingerprint density at radius 3 is 2.49 bits per heavy atom. The molecule has 0 radical (unpaired) electrons. The summed E-state index contributed by atoms with van der Waals surface area (Å²) in [6.45, 7) is 6.77. The second kappa shape index (κ2) is 10.2. The molecule has 2 atom stereocenters. The molecule has 3 aromatic carbocycles. The van der Waals surface area contributed by atoms with Gasteiger partial charge in [0.15, 0.2) is 17.0 Å². The lowest BCUT2D eigenvalue weighted by Gasteiger charge is -2.51. The van der Waals surface area contributed by atoms with E-state index < -0.39 is 5.54 Å². The zero-order valence-electron chi connectivity index (χ0n) is 24.9. The summed E-state index contributed by atoms with van der Waals surface area (Å²) in [6.07, 6.45) is 2.67. The highest BCUT2D eigenvalue weighted by Gasteiger charge is 2.56. The third-order valence-corrected chi connectivity index (χ3v) is 9.10. The van der Waals surface area contributed by atoms with Crippen LogP contribution in [0, 0.1) is 0 Å². The number of nitrogens with zero attached hydrogens (tertiary/aromatic N) is 2. The average molecular weight is 577 g/mol. The molecule has 8 heteroatoms. The standard InChI is InChI=1S/C35H36N4O4/c1-21(2)43-29-14-13-22(17-30(29)42-4)26-19-39-31(40)20-38(16-15-23-18-36-27-11-7-5-9-24(23)27)34(41)35(39,3)33-32(26)25-10-6-8-12-28(25)37-33/h5-14,17-18,21,26,36-37H,15-16,19-20H2,1-4H3/t26-,35+/m1/s1. The number of aromatic amines is 2. The number of ether oxygens (including phenoxy) is 2. The van der Waals surface area contributed by atoms with Crippen LogP contribution in [0.25, 0.3) is 21.8 Å². The number of carbonyl (C=O) groups is 2. The maximum atomic E-state index is 14.4. The number of methoxy groups -OCH3 is 1. The number of benzene rings is 3. The summed E-state index contributed by atoms with van der Waals surface area (Å²) in [5.74, 6) is 1.05. The number of carbonyl (C=O) groups excluding carboxylic acids is 2. The Hall–Kier alpha value is -4.72. The summed E-state index contributed by atoms with van der Waals surface area (Å²) in [7, 11) is 1.64. The van der Waals surface area contributed by atoms with Crippen molar-refractivity contribution in [2.24, 2.45) is 0 Å². The van der Waals surface area contributed by atoms with Crippen LogP contribution in [-0.2, 0) is 21.5 Å². The molecule has 0 bridgehead atoms. The van der Waals surface area contributed by atoms with Crippen LogP contribution < -0.4 is 9.47 Å². The van der Waals surface area contributed by atoms with Crippen LogP contribution in [0.3, 0.4) is 0 Å². The lowest BCUT2D eigenvalue weighted by Crippen LogP contribution is -2.67. The monoisotopic (exact) mass is 576 g/mol. The van der Waals surface area contributed by atoms with E-state index in [4.69, 9.17) is 9.47 Å². The highest BCUT2D eigenvalue weighted by molar-refractivity contribution is 6.01. The second-order valence-electron chi connectivity index (χ2n) is 12.0. The number of rotatable bonds is 7. The third kappa shape index (κ3) is 4.27. The number of nitrogens with one attached hydrogen (secondary N) is 2. The molecule has 0 unspecified atom stereocenters. The van der Waals surface area contributed by atoms with Crippen LogP contribution in [0.4, 0.5) is 0 Å². The van der Waals surface area contributed by atoms with Gasteiger partial charge in [-0.25, -0.2) is 0 Å². The lowest BCUT2D eigenvalue weighted by molar-refractivity contribution is -0.166. The summed E-state index contributed by atoms with van der Waals surface area (Å²) in [4.78, 5) is 38.8. The first-order valence-corrected chi connectivity index (χ1v) is 14.9. The molecule has 1 fully saturated rings. The normalized spacial score (nSPS) is 20.2. The smallest absolute Gasteiger partial charge is 0.254 e. The second-order valence-corrected chi connectivity index (χ2v) is 12.0. The van der Waals surface area contributed by atoms with Gasteiger partial charge in [0, 0.05) is 47.0 Å². The van der Waals surface area contributed by atoms with Gasteiger partial charge in [-0.2, -0.15) is 0 Å². The molecule has 4 heterocycles. The van der Waals surface area contributed by atoms with Crippen molar-refractivity contribution in [2.45, 2.75) is 44.8 Å². The zero-order valence-corrected chi connectivity index (χ0v) is 24.9. The van der Waals surface area contributed by atoms with Crippen molar-refractivity contribution in [3.63, 3.8) is 0 Å². The molecule has 2 aliphatic heterocycles. The van der Waals surface area contributed by atoms with Crippen molar-refractivity contribution >= 4 is 33.6 Å². The van der Waals surface area contributed by atoms with Crippen LogP contribution in [0.15, 0.2) is 72.9 Å². The van der Waals surface area contributed by atoms with Crippen molar-refractivity contribution in [3.8, 4) is 11.5 Å². The molecule has 2 amide bonds. The van der Waals surface area contributed by atoms with Crippen molar-refractivity contribution in [2.75, 3.05) is 26.7 Å². The van der Waals surface area contributed by atoms with Gasteiger partial charge in [-0.15, -0.1) is 0 Å². The Kier molecular flexibility index (Phi) is 6.45. The van der Waals surface area contributed by atoms with E-state index in [2.05, 4.69) is 22.1 Å². The summed E-state index contributed by atoms with van der Waals surface area (Å²) in [5, 5.41) is 2.20. The fraction of sp³-hybridized carbons (Fsp3) is 0.314. The van der Waals surface area contributed by atoms with E-state index in [1.54, 1.807) is 16.9 Å². The van der Waals surface area contributed by atoms with Gasteiger partial charge >= 0.3 is 0 Å². The minimum Gasteiger partial charge on any atom is -0.493 e. The minimum atomic E-state index is -1.15. The van der Waals surface area contributed by atoms with Gasteiger partial charge in [-0.05, 0) is 68.1 Å². The Labute approximate surface area is 250 Å². The quantitative estimate of drug-likeness (QED) is 0.259. The van der Waals surface area contributed by atoms with Crippen LogP contribution in [0.2, 0.25) is 0 Å². The zero-order chi connectivity index (χ0) is 29.9. The molecule has 2 aromatic heterocycles. The predicted molar refractivity (Wildman–Crippen MR) is 167 cm³/mol. The molecule has 220 valence electrons. The Morgan fingerprint density at radius 1 is 0.977 bits per heavy atom. The number of aromatic nitrogens is 2. The molecular weight excluding hydrogens is 540 g/mol. The fourth-order valence-corrected chi connectivity index (χ4v) is 7.00. The van der Waals surface area contributed by atoms with E-state index in [0.29, 0.717) is 31.0 Å². The van der Waals surface area contributed by atoms with Gasteiger partial charge in [0.1, 0.15) is 0 Å². The number of piperazine rings is 1. The van der Waals surface area contributed by atoms with Crippen molar-refractivity contribution < 1.29 is 19.1 Å². The Morgan fingerprint density at radius 2 is 1.72 bits per heavy atom. The van der Waals surface area contributed by atoms with Gasteiger partial charge in [0.05, 0.1) is 25.5 Å². The first kappa shape index (κ1) is 27.1. The Balaban J connectivity index is 1.29. The molecule has 7 rings (SSSR count). The summed E-state index contributed by atoms with van der Waals surface area (Å²) in [6, 6.07) is 22.3. The number of para-hydroxylation sites is 2. The number of hydrogen-bond donors (Lipinski definition) is 2. The number of hydrogen-bond acceptors (Lipinski definition) is 4. The van der Waals surface area contributed by atoms with Gasteiger partial charge in [0.2, 0.25) is 5.91 Å². The van der Waals surface area contributed by atoms with E-state index in [9.17, 15) is 9.59 Å². The SMILES string of the molecule is COc1cc([C@H]2CN3C(=O)CN(CCc4c[nH]c5ccccc45)C(=O)[C@]3(C)c3[nH]c4ccccc4c32)ccc1OC(C)C. The van der Waals surface area contributed by atoms with Crippen molar-refractivity contribution in [1.82, 2.24) is 19.8 Å². The maximum absolute atomic E-state index is 14.4. The molecule has 1 saturated heterocycles. The van der Waals surface area contributed by atoms with E-state index >= 15 is 0 Å². The lowest BCUT2D eigenvalue weighted by atomic mass is 9.76. The van der Waals surface area contributed by atoms with E-state index in [1.807, 2.05) is 81.6 Å². The molecule has 0 saturated carbocycles. The van der Waals surface area contributed by atoms with Gasteiger partial charge < -0.3 is 29.2 Å². The molecule has 2 aliphatic rings. The molecule has 0 aliphatic carbocycles. The molecule has 0 spiro atoms. The first-order valence-electron chi connectivity index (χ1n) is 14.9. The van der Waals surface area contributed by atoms with Crippen LogP contribution in [0.1, 0.15) is 49.1 Å². The van der Waals surface area contributed by atoms with Crippen LogP contribution in [-0.4, -0.2) is 64.4 Å². The molecule has 43 heavy (non-hydrogen) atoms. The number of H-pyrrole nitrogens is 2. The van der Waals surface area contributed by atoms with Crippen LogP contribution >= 0.6 is 0 Å². The van der Waals surface area contributed by atoms with Crippen molar-refractivity contribution in [3.05, 3.63) is 95.3 Å². The largest absolute Gasteiger partial charge is 0.493 e. The highest BCUT2D eigenvalue weighted by Crippen LogP contribution is 2.49. The predicted octanol–water partition coefficient (Wildman–Crippen LogP) is 5.72. The first-order chi connectivity index (χ1) is 20.8. The van der Waals surface area contributed by atoms with Gasteiger partial charge in [-0.1, -0.05) is 42.5 Å². The molecular formula is C35H36N4O4. The third-order valence-electron chi connectivity index (χ3n) is 9.10. The van der Waals surface area contributed by atoms with E-state index in [1.165, 1.54) is 0 Å². The topological polar surface area (TPSA) is 90.7 Å². The van der Waals surface area contributed by atoms with E-state index in [-0.39, 0.29) is 30.4 Å². The van der Waals surface area contributed by atoms with Crippen molar-refractivity contribution in [1.29, 1.82) is 0 Å². The minimum absolute atomic E-state index is 0.00579. The molecule has 8 nitrogen and oxygen atoms in total. The summed E-state index contributed by atoms with van der Waals surface area (Å²) in [5.41, 5.74) is 4.84. The highest BCUT2D eigenvalue weighted by atomic mass is 16.5. The van der Waals surface area contributed by atoms with Gasteiger partial charge in [0.25, 0.3) is 5.91 Å². The number of fused-ring (bicyclic) bond motifs is 6. The summed E-state index contributed by atoms with van der Waals surface area (Å²) < 4.78 is 11.7. The fourth-order valence-electron chi connectivity index (χ4n) is 7.00. The van der Waals surface area contributed by atoms with Gasteiger partial charge in [-0.3, -0.25) is 9.59 Å². The molecule has 5 aromatic rings.